The Morgan fingerprint density at radius 3 is 2.48 bits per heavy atom. The summed E-state index contributed by atoms with van der Waals surface area (Å²) in [6, 6.07) is -0.0714. The van der Waals surface area contributed by atoms with Gasteiger partial charge in [0.15, 0.2) is 0 Å². The first kappa shape index (κ1) is 18.2. The summed E-state index contributed by atoms with van der Waals surface area (Å²) in [6.45, 7) is 5.58. The highest BCUT2D eigenvalue weighted by Gasteiger charge is 2.35. The lowest BCUT2D eigenvalue weighted by molar-refractivity contribution is -0.118. The van der Waals surface area contributed by atoms with Crippen LogP contribution >= 0.6 is 0 Å². The third-order valence-electron chi connectivity index (χ3n) is 4.70. The molecule has 1 unspecified atom stereocenters. The number of amides is 1. The second-order valence-corrected chi connectivity index (χ2v) is 7.92. The maximum atomic E-state index is 12.2. The summed E-state index contributed by atoms with van der Waals surface area (Å²) in [7, 11) is 0. The van der Waals surface area contributed by atoms with Gasteiger partial charge < -0.3 is 19.6 Å². The summed E-state index contributed by atoms with van der Waals surface area (Å²) < 4.78 is 11.2. The first-order valence-electron chi connectivity index (χ1n) is 8.97. The Morgan fingerprint density at radius 1 is 1.22 bits per heavy atom. The summed E-state index contributed by atoms with van der Waals surface area (Å²) in [5, 5.41) is 3.01. The van der Waals surface area contributed by atoms with Crippen LogP contribution in [0.5, 0.6) is 0 Å². The van der Waals surface area contributed by atoms with Gasteiger partial charge in [0, 0.05) is 0 Å². The molecule has 0 aromatic rings. The van der Waals surface area contributed by atoms with Crippen molar-refractivity contribution < 1.29 is 19.1 Å². The van der Waals surface area contributed by atoms with Crippen LogP contribution in [0.1, 0.15) is 72.1 Å². The predicted molar refractivity (Wildman–Crippen MR) is 88.3 cm³/mol. The van der Waals surface area contributed by atoms with E-state index in [1.165, 1.54) is 32.1 Å². The van der Waals surface area contributed by atoms with E-state index in [1.807, 2.05) is 20.8 Å². The zero-order valence-electron chi connectivity index (χ0n) is 14.7. The zero-order chi connectivity index (χ0) is 16.9. The lowest BCUT2D eigenvalue weighted by Crippen LogP contribution is -2.46. The van der Waals surface area contributed by atoms with Crippen LogP contribution in [-0.2, 0) is 14.3 Å². The molecule has 1 saturated carbocycles. The molecule has 1 amide bonds. The fraction of sp³-hybridized carbons (Fsp3) is 0.889. The molecule has 23 heavy (non-hydrogen) atoms. The molecule has 2 fully saturated rings. The van der Waals surface area contributed by atoms with E-state index in [9.17, 15) is 9.59 Å². The van der Waals surface area contributed by atoms with Crippen LogP contribution < -0.4 is 5.32 Å². The van der Waals surface area contributed by atoms with Crippen molar-refractivity contribution in [3.63, 3.8) is 0 Å². The van der Waals surface area contributed by atoms with Gasteiger partial charge in [0.1, 0.15) is 18.0 Å². The molecule has 3 atom stereocenters. The van der Waals surface area contributed by atoms with Crippen molar-refractivity contribution in [2.75, 3.05) is 0 Å². The van der Waals surface area contributed by atoms with E-state index in [0.29, 0.717) is 5.92 Å². The van der Waals surface area contributed by atoms with Gasteiger partial charge in [-0.15, -0.1) is 0 Å². The lowest BCUT2D eigenvalue weighted by atomic mass is 9.83. The summed E-state index contributed by atoms with van der Waals surface area (Å²) in [6.07, 6.45) is 8.83. The van der Waals surface area contributed by atoms with E-state index in [4.69, 9.17) is 9.47 Å². The standard InChI is InChI=1S/C18H31NO4/c1-18(2,3)23-17(21)19-15(11-13-7-5-4-6-8-13)16-10-9-14(12-20)22-16/h12-16H,4-11H2,1-3H3,(H,19,21)/t14?,15-,16-/m0/s1. The Labute approximate surface area is 139 Å². The summed E-state index contributed by atoms with van der Waals surface area (Å²) >= 11 is 0. The minimum absolute atomic E-state index is 0.0714. The molecule has 2 rings (SSSR count). The van der Waals surface area contributed by atoms with Gasteiger partial charge in [0.25, 0.3) is 0 Å². The minimum atomic E-state index is -0.513. The molecule has 1 aliphatic carbocycles. The first-order chi connectivity index (χ1) is 10.9. The molecule has 1 aliphatic heterocycles. The molecule has 0 aromatic heterocycles. The number of nitrogens with one attached hydrogen (secondary N) is 1. The SMILES string of the molecule is CC(C)(C)OC(=O)N[C@@H](CC1CCCCC1)[C@@H]1CCC(C=O)O1. The van der Waals surface area contributed by atoms with Crippen molar-refractivity contribution in [3.8, 4) is 0 Å². The quantitative estimate of drug-likeness (QED) is 0.784. The van der Waals surface area contributed by atoms with Gasteiger partial charge in [-0.25, -0.2) is 4.79 Å². The van der Waals surface area contributed by atoms with Crippen molar-refractivity contribution >= 4 is 12.4 Å². The average Bonchev–Trinajstić information content (AvgIpc) is 2.94. The van der Waals surface area contributed by atoms with Crippen LogP contribution in [0.15, 0.2) is 0 Å². The largest absolute Gasteiger partial charge is 0.444 e. The number of rotatable bonds is 5. The van der Waals surface area contributed by atoms with Gasteiger partial charge in [0.2, 0.25) is 0 Å². The Morgan fingerprint density at radius 2 is 1.91 bits per heavy atom. The van der Waals surface area contributed by atoms with Crippen molar-refractivity contribution in [2.24, 2.45) is 5.92 Å². The highest BCUT2D eigenvalue weighted by Crippen LogP contribution is 2.31. The maximum Gasteiger partial charge on any atom is 0.407 e. The highest BCUT2D eigenvalue weighted by atomic mass is 16.6. The number of carbonyl (C=O) groups excluding carboxylic acids is 2. The fourth-order valence-corrected chi connectivity index (χ4v) is 3.63. The molecule has 2 aliphatic rings. The van der Waals surface area contributed by atoms with Crippen LogP contribution in [0.4, 0.5) is 4.79 Å². The number of hydrogen-bond donors (Lipinski definition) is 1. The molecular weight excluding hydrogens is 294 g/mol. The van der Waals surface area contributed by atoms with Crippen LogP contribution in [0, 0.1) is 5.92 Å². The van der Waals surface area contributed by atoms with Crippen LogP contribution in [-0.4, -0.2) is 36.2 Å². The average molecular weight is 325 g/mol. The number of ether oxygens (including phenoxy) is 2. The van der Waals surface area contributed by atoms with Crippen LogP contribution in [0.2, 0.25) is 0 Å². The molecule has 1 saturated heterocycles. The summed E-state index contributed by atoms with van der Waals surface area (Å²) in [5.74, 6) is 0.627. The van der Waals surface area contributed by atoms with Crippen LogP contribution in [0.3, 0.4) is 0 Å². The second-order valence-electron chi connectivity index (χ2n) is 7.92. The summed E-state index contributed by atoms with van der Waals surface area (Å²) in [5.41, 5.74) is -0.513. The monoisotopic (exact) mass is 325 g/mol. The predicted octanol–water partition coefficient (Wildman–Crippen LogP) is 3.60. The van der Waals surface area contributed by atoms with Gasteiger partial charge in [-0.1, -0.05) is 32.1 Å². The normalized spacial score (nSPS) is 27.4. The smallest absolute Gasteiger partial charge is 0.407 e. The minimum Gasteiger partial charge on any atom is -0.444 e. The van der Waals surface area contributed by atoms with E-state index in [0.717, 1.165) is 25.5 Å². The Balaban J connectivity index is 1.95. The molecule has 0 radical (unpaired) electrons. The van der Waals surface area contributed by atoms with Crippen molar-refractivity contribution in [1.82, 2.24) is 5.32 Å². The molecule has 0 bridgehead atoms. The van der Waals surface area contributed by atoms with Crippen LogP contribution in [0.25, 0.3) is 0 Å². The molecule has 0 spiro atoms. The first-order valence-corrected chi connectivity index (χ1v) is 8.97. The van der Waals surface area contributed by atoms with E-state index in [1.54, 1.807) is 0 Å². The number of carbonyl (C=O) groups is 2. The fourth-order valence-electron chi connectivity index (χ4n) is 3.63. The maximum absolute atomic E-state index is 12.2. The van der Waals surface area contributed by atoms with Gasteiger partial charge in [-0.05, 0) is 46.0 Å². The molecule has 132 valence electrons. The van der Waals surface area contributed by atoms with E-state index >= 15 is 0 Å². The third kappa shape index (κ3) is 6.13. The Kier molecular flexibility index (Phi) is 6.45. The molecule has 5 heteroatoms. The number of alkyl carbamates (subject to hydrolysis) is 1. The van der Waals surface area contributed by atoms with E-state index in [-0.39, 0.29) is 18.2 Å². The van der Waals surface area contributed by atoms with Gasteiger partial charge >= 0.3 is 6.09 Å². The van der Waals surface area contributed by atoms with Crippen molar-refractivity contribution in [3.05, 3.63) is 0 Å². The Bertz CT molecular complexity index is 398. The van der Waals surface area contributed by atoms with Crippen molar-refractivity contribution in [1.29, 1.82) is 0 Å². The summed E-state index contributed by atoms with van der Waals surface area (Å²) in [4.78, 5) is 23.1. The second kappa shape index (κ2) is 8.13. The molecular formula is C18H31NO4. The lowest BCUT2D eigenvalue weighted by Gasteiger charge is -2.31. The molecule has 1 heterocycles. The Hall–Kier alpha value is -1.10. The van der Waals surface area contributed by atoms with E-state index in [2.05, 4.69) is 5.32 Å². The molecule has 0 aromatic carbocycles. The van der Waals surface area contributed by atoms with Gasteiger partial charge in [0.05, 0.1) is 12.1 Å². The van der Waals surface area contributed by atoms with Gasteiger partial charge in [-0.2, -0.15) is 0 Å². The third-order valence-corrected chi connectivity index (χ3v) is 4.70. The number of aldehydes is 1. The zero-order valence-corrected chi connectivity index (χ0v) is 14.7. The van der Waals surface area contributed by atoms with E-state index < -0.39 is 11.7 Å². The number of hydrogen-bond acceptors (Lipinski definition) is 4. The highest BCUT2D eigenvalue weighted by molar-refractivity contribution is 5.68. The molecule has 1 N–H and O–H groups in total. The molecule has 5 nitrogen and oxygen atoms in total. The van der Waals surface area contributed by atoms with Crippen molar-refractivity contribution in [2.45, 2.75) is 96.0 Å². The van der Waals surface area contributed by atoms with Gasteiger partial charge in [-0.3, -0.25) is 0 Å². The topological polar surface area (TPSA) is 64.6 Å².